The summed E-state index contributed by atoms with van der Waals surface area (Å²) in [6, 6.07) is 10.5. The Morgan fingerprint density at radius 3 is 3.00 bits per heavy atom. The number of tetrazole rings is 1. The Morgan fingerprint density at radius 1 is 1.30 bits per heavy atom. The van der Waals surface area contributed by atoms with Gasteiger partial charge in [-0.1, -0.05) is 42.1 Å². The lowest BCUT2D eigenvalue weighted by Gasteiger charge is -2.09. The van der Waals surface area contributed by atoms with E-state index >= 15 is 0 Å². The molecule has 1 aliphatic rings. The summed E-state index contributed by atoms with van der Waals surface area (Å²) in [7, 11) is 0. The van der Waals surface area contributed by atoms with E-state index in [1.54, 1.807) is 11.8 Å². The van der Waals surface area contributed by atoms with Gasteiger partial charge in [0.2, 0.25) is 5.16 Å². The van der Waals surface area contributed by atoms with Gasteiger partial charge < -0.3 is 4.74 Å². The highest BCUT2D eigenvalue weighted by Crippen LogP contribution is 2.19. The number of aromatic nitrogens is 4. The van der Waals surface area contributed by atoms with Gasteiger partial charge in [-0.25, -0.2) is 4.68 Å². The SMILES string of the molecule is c1ccc(CCSc2nnnn2CC2CCCO2)cc1. The number of benzene rings is 1. The third kappa shape index (κ3) is 3.58. The molecule has 1 saturated heterocycles. The molecule has 1 aromatic heterocycles. The van der Waals surface area contributed by atoms with Crippen molar-refractivity contribution in [1.29, 1.82) is 0 Å². The van der Waals surface area contributed by atoms with E-state index in [1.807, 2.05) is 10.7 Å². The molecule has 20 heavy (non-hydrogen) atoms. The van der Waals surface area contributed by atoms with Crippen molar-refractivity contribution in [2.75, 3.05) is 12.4 Å². The van der Waals surface area contributed by atoms with Crippen LogP contribution >= 0.6 is 11.8 Å². The van der Waals surface area contributed by atoms with Gasteiger partial charge >= 0.3 is 0 Å². The van der Waals surface area contributed by atoms with Gasteiger partial charge in [0.25, 0.3) is 0 Å². The number of thioether (sulfide) groups is 1. The Hall–Kier alpha value is -1.40. The molecule has 1 aromatic carbocycles. The van der Waals surface area contributed by atoms with Crippen LogP contribution in [0, 0.1) is 0 Å². The van der Waals surface area contributed by atoms with E-state index < -0.39 is 0 Å². The van der Waals surface area contributed by atoms with Gasteiger partial charge in [-0.15, -0.1) is 5.10 Å². The predicted octanol–water partition coefficient (Wildman–Crippen LogP) is 2.19. The van der Waals surface area contributed by atoms with Crippen LogP contribution in [0.2, 0.25) is 0 Å². The molecule has 2 heterocycles. The lowest BCUT2D eigenvalue weighted by molar-refractivity contribution is 0.0912. The van der Waals surface area contributed by atoms with Crippen molar-refractivity contribution in [1.82, 2.24) is 20.2 Å². The van der Waals surface area contributed by atoms with E-state index in [0.717, 1.165) is 43.3 Å². The first-order chi connectivity index (χ1) is 9.92. The summed E-state index contributed by atoms with van der Waals surface area (Å²) in [5.74, 6) is 0.982. The van der Waals surface area contributed by atoms with Crippen LogP contribution in [-0.2, 0) is 17.7 Å². The monoisotopic (exact) mass is 290 g/mol. The number of hydrogen-bond acceptors (Lipinski definition) is 5. The van der Waals surface area contributed by atoms with Crippen LogP contribution in [0.1, 0.15) is 18.4 Å². The van der Waals surface area contributed by atoms with Crippen molar-refractivity contribution >= 4 is 11.8 Å². The Bertz CT molecular complexity index is 525. The van der Waals surface area contributed by atoms with Crippen molar-refractivity contribution in [2.24, 2.45) is 0 Å². The Kier molecular flexibility index (Phi) is 4.65. The molecule has 1 fully saturated rings. The van der Waals surface area contributed by atoms with Gasteiger partial charge in [0, 0.05) is 12.4 Å². The van der Waals surface area contributed by atoms with Gasteiger partial charge in [0.15, 0.2) is 0 Å². The van der Waals surface area contributed by atoms with Crippen LogP contribution in [0.3, 0.4) is 0 Å². The molecule has 1 unspecified atom stereocenters. The van der Waals surface area contributed by atoms with Crippen molar-refractivity contribution < 1.29 is 4.74 Å². The normalized spacial score (nSPS) is 18.5. The van der Waals surface area contributed by atoms with Crippen LogP contribution in [-0.4, -0.2) is 38.7 Å². The van der Waals surface area contributed by atoms with Gasteiger partial charge in [-0.05, 0) is 35.3 Å². The number of nitrogens with zero attached hydrogens (tertiary/aromatic N) is 4. The number of aryl methyl sites for hydroxylation is 1. The quantitative estimate of drug-likeness (QED) is 0.763. The second kappa shape index (κ2) is 6.85. The van der Waals surface area contributed by atoms with E-state index in [2.05, 4.69) is 39.8 Å². The minimum Gasteiger partial charge on any atom is -0.376 e. The first-order valence-corrected chi connectivity index (χ1v) is 7.95. The van der Waals surface area contributed by atoms with Gasteiger partial charge in [-0.2, -0.15) is 0 Å². The summed E-state index contributed by atoms with van der Waals surface area (Å²) in [5, 5.41) is 12.8. The first kappa shape index (κ1) is 13.6. The number of rotatable bonds is 6. The van der Waals surface area contributed by atoms with E-state index in [4.69, 9.17) is 4.74 Å². The maximum Gasteiger partial charge on any atom is 0.209 e. The van der Waals surface area contributed by atoms with E-state index in [1.165, 1.54) is 5.56 Å². The molecular formula is C14H18N4OS. The molecule has 0 N–H and O–H groups in total. The molecule has 3 rings (SSSR count). The van der Waals surface area contributed by atoms with Crippen LogP contribution in [0.4, 0.5) is 0 Å². The molecule has 0 aliphatic carbocycles. The van der Waals surface area contributed by atoms with Crippen molar-refractivity contribution in [3.8, 4) is 0 Å². The van der Waals surface area contributed by atoms with Gasteiger partial charge in [0.05, 0.1) is 12.6 Å². The molecule has 0 spiro atoms. The molecule has 6 heteroatoms. The number of hydrogen-bond donors (Lipinski definition) is 0. The van der Waals surface area contributed by atoms with E-state index in [-0.39, 0.29) is 6.10 Å². The third-order valence-electron chi connectivity index (χ3n) is 3.36. The molecule has 1 atom stereocenters. The van der Waals surface area contributed by atoms with Crippen molar-refractivity contribution in [3.63, 3.8) is 0 Å². The maximum atomic E-state index is 5.63. The van der Waals surface area contributed by atoms with Crippen molar-refractivity contribution in [3.05, 3.63) is 35.9 Å². The molecule has 0 bridgehead atoms. The molecule has 106 valence electrons. The Balaban J connectivity index is 1.51. The van der Waals surface area contributed by atoms with Crippen LogP contribution in [0.5, 0.6) is 0 Å². The fourth-order valence-electron chi connectivity index (χ4n) is 2.30. The average Bonchev–Trinajstić information content (AvgIpc) is 3.13. The molecule has 1 aliphatic heterocycles. The highest BCUT2D eigenvalue weighted by molar-refractivity contribution is 7.99. The summed E-state index contributed by atoms with van der Waals surface area (Å²) in [6.07, 6.45) is 3.54. The smallest absolute Gasteiger partial charge is 0.209 e. The highest BCUT2D eigenvalue weighted by Gasteiger charge is 2.18. The summed E-state index contributed by atoms with van der Waals surface area (Å²) in [4.78, 5) is 0. The van der Waals surface area contributed by atoms with Crippen LogP contribution in [0.25, 0.3) is 0 Å². The second-order valence-electron chi connectivity index (χ2n) is 4.86. The topological polar surface area (TPSA) is 52.8 Å². The minimum atomic E-state index is 0.270. The number of ether oxygens (including phenoxy) is 1. The zero-order valence-corrected chi connectivity index (χ0v) is 12.1. The zero-order valence-electron chi connectivity index (χ0n) is 11.3. The molecule has 0 radical (unpaired) electrons. The summed E-state index contributed by atoms with van der Waals surface area (Å²) in [6.45, 7) is 1.63. The fraction of sp³-hybridized carbons (Fsp3) is 0.500. The molecule has 0 saturated carbocycles. The lowest BCUT2D eigenvalue weighted by atomic mass is 10.2. The average molecular weight is 290 g/mol. The maximum absolute atomic E-state index is 5.63. The predicted molar refractivity (Wildman–Crippen MR) is 77.7 cm³/mol. The van der Waals surface area contributed by atoms with Crippen LogP contribution < -0.4 is 0 Å². The van der Waals surface area contributed by atoms with Gasteiger partial charge in [-0.3, -0.25) is 0 Å². The zero-order chi connectivity index (χ0) is 13.6. The lowest BCUT2D eigenvalue weighted by Crippen LogP contribution is -2.17. The fourth-order valence-corrected chi connectivity index (χ4v) is 3.18. The second-order valence-corrected chi connectivity index (χ2v) is 5.92. The first-order valence-electron chi connectivity index (χ1n) is 6.96. The molecule has 5 nitrogen and oxygen atoms in total. The highest BCUT2D eigenvalue weighted by atomic mass is 32.2. The van der Waals surface area contributed by atoms with Crippen LogP contribution in [0.15, 0.2) is 35.5 Å². The summed E-state index contributed by atoms with van der Waals surface area (Å²) in [5.41, 5.74) is 1.35. The standard InChI is InChI=1S/C14H18N4OS/c1-2-5-12(6-3-1)8-10-20-14-15-16-17-18(14)11-13-7-4-9-19-13/h1-3,5-6,13H,4,7-11H2. The summed E-state index contributed by atoms with van der Waals surface area (Å²) >= 11 is 1.70. The minimum absolute atomic E-state index is 0.270. The summed E-state index contributed by atoms with van der Waals surface area (Å²) < 4.78 is 7.50. The Morgan fingerprint density at radius 2 is 2.20 bits per heavy atom. The van der Waals surface area contributed by atoms with E-state index in [0.29, 0.717) is 0 Å². The Labute approximate surface area is 122 Å². The largest absolute Gasteiger partial charge is 0.376 e. The van der Waals surface area contributed by atoms with E-state index in [9.17, 15) is 0 Å². The molecule has 2 aromatic rings. The third-order valence-corrected chi connectivity index (χ3v) is 4.32. The van der Waals surface area contributed by atoms with Gasteiger partial charge in [0.1, 0.15) is 0 Å². The molecular weight excluding hydrogens is 272 g/mol. The molecule has 0 amide bonds. The van der Waals surface area contributed by atoms with Crippen molar-refractivity contribution in [2.45, 2.75) is 37.1 Å².